The van der Waals surface area contributed by atoms with Crippen LogP contribution in [0.25, 0.3) is 22.3 Å². The fraction of sp³-hybridized carbons (Fsp3) is 0.132. The average molecular weight is 599 g/mol. The maximum Gasteiger partial charge on any atom is 0.303 e. The Labute approximate surface area is 262 Å². The number of ether oxygens (including phenoxy) is 1. The standard InChI is InChI=1S/C38H34N2O5/c41-36(42)24-23-35(38(44)39-25-27-9-3-1-4-10-27)40-37(43)31-17-15-28(16-18-31)29-19-21-33(22-20-29)45-26-32-13-7-8-14-34(32)30-11-5-2-6-12-30/h1-22,35H,23-26H2,(H,39,44)(H,40,43)(H,41,42)/t35-/m0/s1. The van der Waals surface area contributed by atoms with Crippen LogP contribution in [0.1, 0.15) is 34.3 Å². The van der Waals surface area contributed by atoms with E-state index in [-0.39, 0.29) is 19.4 Å². The summed E-state index contributed by atoms with van der Waals surface area (Å²) in [6.45, 7) is 0.713. The quantitative estimate of drug-likeness (QED) is 0.137. The van der Waals surface area contributed by atoms with E-state index >= 15 is 0 Å². The van der Waals surface area contributed by atoms with Crippen molar-refractivity contribution in [1.82, 2.24) is 10.6 Å². The van der Waals surface area contributed by atoms with Crippen molar-refractivity contribution in [2.45, 2.75) is 32.0 Å². The summed E-state index contributed by atoms with van der Waals surface area (Å²) in [7, 11) is 0. The van der Waals surface area contributed by atoms with Crippen LogP contribution in [0.15, 0.2) is 133 Å². The highest BCUT2D eigenvalue weighted by Gasteiger charge is 2.22. The zero-order valence-electron chi connectivity index (χ0n) is 24.7. The van der Waals surface area contributed by atoms with E-state index in [1.165, 1.54) is 0 Å². The number of aliphatic carboxylic acids is 1. The maximum absolute atomic E-state index is 13.0. The van der Waals surface area contributed by atoms with Gasteiger partial charge < -0.3 is 20.5 Å². The van der Waals surface area contributed by atoms with E-state index in [0.29, 0.717) is 12.2 Å². The predicted octanol–water partition coefficient (Wildman–Crippen LogP) is 6.88. The number of hydrogen-bond acceptors (Lipinski definition) is 4. The molecule has 0 aromatic heterocycles. The Balaban J connectivity index is 1.19. The third kappa shape index (κ3) is 8.67. The lowest BCUT2D eigenvalue weighted by atomic mass is 10.0. The zero-order valence-corrected chi connectivity index (χ0v) is 24.7. The number of benzene rings is 5. The van der Waals surface area contributed by atoms with Crippen molar-refractivity contribution >= 4 is 17.8 Å². The molecule has 226 valence electrons. The van der Waals surface area contributed by atoms with Crippen molar-refractivity contribution < 1.29 is 24.2 Å². The molecule has 3 N–H and O–H groups in total. The van der Waals surface area contributed by atoms with Crippen LogP contribution in [0.3, 0.4) is 0 Å². The summed E-state index contributed by atoms with van der Waals surface area (Å²) in [6.07, 6.45) is -0.270. The molecule has 0 heterocycles. The first-order valence-electron chi connectivity index (χ1n) is 14.8. The first kappa shape index (κ1) is 30.8. The number of rotatable bonds is 13. The van der Waals surface area contributed by atoms with Crippen LogP contribution in [0.4, 0.5) is 0 Å². The number of carboxylic acids is 1. The molecule has 0 saturated heterocycles. The molecule has 7 nitrogen and oxygen atoms in total. The van der Waals surface area contributed by atoms with Crippen LogP contribution >= 0.6 is 0 Å². The Bertz CT molecular complexity index is 1720. The van der Waals surface area contributed by atoms with Gasteiger partial charge in [-0.15, -0.1) is 0 Å². The summed E-state index contributed by atoms with van der Waals surface area (Å²) in [5.41, 5.74) is 6.52. The lowest BCUT2D eigenvalue weighted by molar-refractivity contribution is -0.137. The fourth-order valence-corrected chi connectivity index (χ4v) is 4.95. The van der Waals surface area contributed by atoms with Crippen molar-refractivity contribution in [3.63, 3.8) is 0 Å². The molecular weight excluding hydrogens is 564 g/mol. The van der Waals surface area contributed by atoms with Gasteiger partial charge in [0.05, 0.1) is 0 Å². The van der Waals surface area contributed by atoms with Gasteiger partial charge in [-0.25, -0.2) is 0 Å². The monoisotopic (exact) mass is 598 g/mol. The molecule has 0 fully saturated rings. The van der Waals surface area contributed by atoms with Gasteiger partial charge in [-0.3, -0.25) is 14.4 Å². The number of nitrogens with one attached hydrogen (secondary N) is 2. The Morgan fingerprint density at radius 2 is 1.27 bits per heavy atom. The summed E-state index contributed by atoms with van der Waals surface area (Å²) < 4.78 is 6.11. The van der Waals surface area contributed by atoms with Gasteiger partial charge in [0.15, 0.2) is 0 Å². The maximum atomic E-state index is 13.0. The van der Waals surface area contributed by atoms with Gasteiger partial charge in [0.25, 0.3) is 5.91 Å². The van der Waals surface area contributed by atoms with Gasteiger partial charge in [-0.2, -0.15) is 0 Å². The molecule has 0 radical (unpaired) electrons. The topological polar surface area (TPSA) is 105 Å². The van der Waals surface area contributed by atoms with Crippen LogP contribution < -0.4 is 15.4 Å². The molecule has 1 atom stereocenters. The van der Waals surface area contributed by atoms with E-state index in [1.54, 1.807) is 12.1 Å². The van der Waals surface area contributed by atoms with Crippen molar-refractivity contribution in [2.75, 3.05) is 0 Å². The third-order valence-electron chi connectivity index (χ3n) is 7.41. The summed E-state index contributed by atoms with van der Waals surface area (Å²) in [4.78, 5) is 37.0. The molecule has 0 spiro atoms. The van der Waals surface area contributed by atoms with Crippen LogP contribution in [-0.2, 0) is 22.7 Å². The second-order valence-electron chi connectivity index (χ2n) is 10.6. The average Bonchev–Trinajstić information content (AvgIpc) is 3.09. The van der Waals surface area contributed by atoms with Gasteiger partial charge in [0, 0.05) is 18.5 Å². The predicted molar refractivity (Wildman–Crippen MR) is 175 cm³/mol. The van der Waals surface area contributed by atoms with E-state index < -0.39 is 23.8 Å². The Morgan fingerprint density at radius 3 is 1.93 bits per heavy atom. The Kier molecular flexibility index (Phi) is 10.4. The molecule has 5 rings (SSSR count). The summed E-state index contributed by atoms with van der Waals surface area (Å²) in [5, 5.41) is 14.6. The number of carbonyl (C=O) groups is 3. The number of carbonyl (C=O) groups excluding carboxylic acids is 2. The number of carboxylic acid groups (broad SMARTS) is 1. The summed E-state index contributed by atoms with van der Waals surface area (Å²) in [6, 6.07) is 41.6. The second-order valence-corrected chi connectivity index (χ2v) is 10.6. The zero-order chi connectivity index (χ0) is 31.4. The number of hydrogen-bond donors (Lipinski definition) is 3. The minimum atomic E-state index is -1.04. The van der Waals surface area contributed by atoms with Crippen molar-refractivity contribution in [3.05, 3.63) is 150 Å². The Morgan fingerprint density at radius 1 is 0.667 bits per heavy atom. The first-order chi connectivity index (χ1) is 22.0. The van der Waals surface area contributed by atoms with Gasteiger partial charge in [0.1, 0.15) is 18.4 Å². The molecule has 0 aliphatic rings. The molecule has 5 aromatic rings. The molecule has 0 unspecified atom stereocenters. The highest BCUT2D eigenvalue weighted by molar-refractivity contribution is 5.98. The normalized spacial score (nSPS) is 11.3. The summed E-state index contributed by atoms with van der Waals surface area (Å²) >= 11 is 0. The minimum Gasteiger partial charge on any atom is -0.489 e. The van der Waals surface area contributed by atoms with Crippen LogP contribution in [0.2, 0.25) is 0 Å². The summed E-state index contributed by atoms with van der Waals surface area (Å²) in [5.74, 6) is -1.18. The van der Waals surface area contributed by atoms with Crippen molar-refractivity contribution in [2.24, 2.45) is 0 Å². The largest absolute Gasteiger partial charge is 0.489 e. The molecule has 45 heavy (non-hydrogen) atoms. The van der Waals surface area contributed by atoms with Crippen LogP contribution in [-0.4, -0.2) is 28.9 Å². The van der Waals surface area contributed by atoms with E-state index in [0.717, 1.165) is 39.1 Å². The lowest BCUT2D eigenvalue weighted by Gasteiger charge is -2.18. The van der Waals surface area contributed by atoms with E-state index in [1.807, 2.05) is 97.1 Å². The van der Waals surface area contributed by atoms with Gasteiger partial charge in [-0.05, 0) is 64.1 Å². The van der Waals surface area contributed by atoms with Crippen LogP contribution in [0.5, 0.6) is 5.75 Å². The molecule has 0 bridgehead atoms. The minimum absolute atomic E-state index is 0.0218. The van der Waals surface area contributed by atoms with Gasteiger partial charge in [-0.1, -0.05) is 109 Å². The third-order valence-corrected chi connectivity index (χ3v) is 7.41. The van der Waals surface area contributed by atoms with Crippen molar-refractivity contribution in [1.29, 1.82) is 0 Å². The second kappa shape index (κ2) is 15.2. The lowest BCUT2D eigenvalue weighted by Crippen LogP contribution is -2.46. The molecule has 0 saturated carbocycles. The number of amides is 2. The Hall–Kier alpha value is -5.69. The van der Waals surface area contributed by atoms with Crippen molar-refractivity contribution in [3.8, 4) is 28.0 Å². The van der Waals surface area contributed by atoms with E-state index in [9.17, 15) is 14.4 Å². The molecule has 0 aliphatic carbocycles. The SMILES string of the molecule is O=C(O)CC[C@H](NC(=O)c1ccc(-c2ccc(OCc3ccccc3-c3ccccc3)cc2)cc1)C(=O)NCc1ccccc1. The van der Waals surface area contributed by atoms with Crippen LogP contribution in [0, 0.1) is 0 Å². The first-order valence-corrected chi connectivity index (χ1v) is 14.8. The van der Waals surface area contributed by atoms with Gasteiger partial charge >= 0.3 is 5.97 Å². The molecule has 7 heteroatoms. The van der Waals surface area contributed by atoms with E-state index in [4.69, 9.17) is 9.84 Å². The molecular formula is C38H34N2O5. The molecule has 0 aliphatic heterocycles. The fourth-order valence-electron chi connectivity index (χ4n) is 4.95. The van der Waals surface area contributed by atoms with Gasteiger partial charge in [0.2, 0.25) is 5.91 Å². The molecule has 2 amide bonds. The van der Waals surface area contributed by atoms with E-state index in [2.05, 4.69) is 34.9 Å². The highest BCUT2D eigenvalue weighted by Crippen LogP contribution is 2.26. The highest BCUT2D eigenvalue weighted by atomic mass is 16.5. The molecule has 5 aromatic carbocycles. The smallest absolute Gasteiger partial charge is 0.303 e.